The minimum atomic E-state index is -0.545. The molecule has 1 aromatic heterocycles. The fourth-order valence-electron chi connectivity index (χ4n) is 3.45. The fourth-order valence-corrected chi connectivity index (χ4v) is 4.15. The smallest absolute Gasteiger partial charge is 0.274 e. The third-order valence-corrected chi connectivity index (χ3v) is 5.70. The van der Waals surface area contributed by atoms with Gasteiger partial charge in [-0.25, -0.2) is 9.37 Å². The number of thiazole rings is 1. The highest BCUT2D eigenvalue weighted by atomic mass is 32.1. The highest BCUT2D eigenvalue weighted by Gasteiger charge is 2.33. The molecule has 1 saturated heterocycles. The van der Waals surface area contributed by atoms with Crippen molar-refractivity contribution in [2.75, 3.05) is 17.2 Å². The number of hydrogen-bond donors (Lipinski definition) is 2. The standard InChI is InChI=1S/C22H21FN4O2S/c23-16-10-4-5-11-17(16)25-22-26-18(14-30-22)21(29)27-13-7-6-12-19(27)20(28)24-15-8-2-1-3-9-15/h1-5,8-11,14,19H,6-7,12-13H2,(H,24,28)(H,25,26). The van der Waals surface area contributed by atoms with E-state index in [1.54, 1.807) is 28.5 Å². The number of hydrogen-bond acceptors (Lipinski definition) is 5. The molecule has 1 aliphatic rings. The van der Waals surface area contributed by atoms with Crippen molar-refractivity contribution in [3.8, 4) is 0 Å². The molecule has 2 heterocycles. The van der Waals surface area contributed by atoms with E-state index in [2.05, 4.69) is 15.6 Å². The summed E-state index contributed by atoms with van der Waals surface area (Å²) < 4.78 is 13.8. The summed E-state index contributed by atoms with van der Waals surface area (Å²) >= 11 is 1.22. The first-order chi connectivity index (χ1) is 14.6. The number of rotatable bonds is 5. The highest BCUT2D eigenvalue weighted by Crippen LogP contribution is 2.26. The lowest BCUT2D eigenvalue weighted by molar-refractivity contribution is -0.121. The van der Waals surface area contributed by atoms with Crippen LogP contribution in [0.4, 0.5) is 20.9 Å². The Labute approximate surface area is 177 Å². The van der Waals surface area contributed by atoms with Gasteiger partial charge in [-0.05, 0) is 43.5 Å². The Morgan fingerprint density at radius 2 is 1.83 bits per heavy atom. The van der Waals surface area contributed by atoms with Crippen LogP contribution < -0.4 is 10.6 Å². The molecule has 0 bridgehead atoms. The Morgan fingerprint density at radius 1 is 1.07 bits per heavy atom. The SMILES string of the molecule is O=C(Nc1ccccc1)C1CCCCN1C(=O)c1csc(Nc2ccccc2F)n1. The lowest BCUT2D eigenvalue weighted by Gasteiger charge is -2.34. The summed E-state index contributed by atoms with van der Waals surface area (Å²) in [5.41, 5.74) is 1.24. The molecule has 30 heavy (non-hydrogen) atoms. The molecule has 0 aliphatic carbocycles. The number of aromatic nitrogens is 1. The molecule has 3 aromatic rings. The van der Waals surface area contributed by atoms with Crippen LogP contribution in [0.2, 0.25) is 0 Å². The van der Waals surface area contributed by atoms with Gasteiger partial charge in [-0.1, -0.05) is 30.3 Å². The number of benzene rings is 2. The van der Waals surface area contributed by atoms with Crippen LogP contribution in [-0.4, -0.2) is 34.3 Å². The van der Waals surface area contributed by atoms with E-state index in [0.717, 1.165) is 12.8 Å². The average Bonchev–Trinajstić information content (AvgIpc) is 3.24. The first-order valence-electron chi connectivity index (χ1n) is 9.76. The summed E-state index contributed by atoms with van der Waals surface area (Å²) in [7, 11) is 0. The second-order valence-corrected chi connectivity index (χ2v) is 7.87. The second kappa shape index (κ2) is 9.04. The normalized spacial score (nSPS) is 16.2. The van der Waals surface area contributed by atoms with Gasteiger partial charge in [0, 0.05) is 17.6 Å². The van der Waals surface area contributed by atoms with E-state index in [-0.39, 0.29) is 17.5 Å². The number of piperidine rings is 1. The summed E-state index contributed by atoms with van der Waals surface area (Å²) in [5.74, 6) is -0.885. The first kappa shape index (κ1) is 20.0. The number of para-hydroxylation sites is 2. The van der Waals surface area contributed by atoms with Crippen LogP contribution >= 0.6 is 11.3 Å². The number of anilines is 3. The van der Waals surface area contributed by atoms with Crippen LogP contribution in [0.3, 0.4) is 0 Å². The zero-order chi connectivity index (χ0) is 20.9. The molecule has 8 heteroatoms. The van der Waals surface area contributed by atoms with Crippen LogP contribution in [0, 0.1) is 5.82 Å². The molecule has 1 aliphatic heterocycles. The van der Waals surface area contributed by atoms with Crippen LogP contribution in [0.25, 0.3) is 0 Å². The van der Waals surface area contributed by atoms with Gasteiger partial charge in [-0.2, -0.15) is 0 Å². The Kier molecular flexibility index (Phi) is 6.04. The molecule has 1 fully saturated rings. The van der Waals surface area contributed by atoms with E-state index in [4.69, 9.17) is 0 Å². The molecule has 0 radical (unpaired) electrons. The van der Waals surface area contributed by atoms with Crippen molar-refractivity contribution in [2.45, 2.75) is 25.3 Å². The zero-order valence-electron chi connectivity index (χ0n) is 16.2. The van der Waals surface area contributed by atoms with Crippen molar-refractivity contribution in [1.82, 2.24) is 9.88 Å². The Bertz CT molecular complexity index is 1040. The molecule has 2 amide bonds. The number of nitrogens with one attached hydrogen (secondary N) is 2. The number of carbonyl (C=O) groups excluding carboxylic acids is 2. The maximum atomic E-state index is 13.8. The lowest BCUT2D eigenvalue weighted by atomic mass is 10.0. The molecular formula is C22H21FN4O2S. The van der Waals surface area contributed by atoms with Gasteiger partial charge in [0.05, 0.1) is 5.69 Å². The number of likely N-dealkylation sites (tertiary alicyclic amines) is 1. The third kappa shape index (κ3) is 4.49. The summed E-state index contributed by atoms with van der Waals surface area (Å²) in [5, 5.41) is 7.84. The van der Waals surface area contributed by atoms with Crippen molar-refractivity contribution >= 4 is 39.7 Å². The monoisotopic (exact) mass is 424 g/mol. The molecule has 154 valence electrons. The molecule has 1 atom stereocenters. The maximum Gasteiger partial charge on any atom is 0.274 e. The zero-order valence-corrected chi connectivity index (χ0v) is 17.0. The fraction of sp³-hybridized carbons (Fsp3) is 0.227. The predicted molar refractivity (Wildman–Crippen MR) is 116 cm³/mol. The Balaban J connectivity index is 1.47. The molecule has 2 aromatic carbocycles. The van der Waals surface area contributed by atoms with Gasteiger partial charge < -0.3 is 15.5 Å². The van der Waals surface area contributed by atoms with Gasteiger partial charge in [-0.3, -0.25) is 9.59 Å². The molecule has 4 rings (SSSR count). The van der Waals surface area contributed by atoms with Gasteiger partial charge in [0.2, 0.25) is 5.91 Å². The van der Waals surface area contributed by atoms with Crippen molar-refractivity contribution in [1.29, 1.82) is 0 Å². The summed E-state index contributed by atoms with van der Waals surface area (Å²) in [6.07, 6.45) is 2.33. The molecule has 0 saturated carbocycles. The van der Waals surface area contributed by atoms with E-state index in [9.17, 15) is 14.0 Å². The molecule has 0 spiro atoms. The molecule has 2 N–H and O–H groups in total. The Morgan fingerprint density at radius 3 is 2.63 bits per heavy atom. The topological polar surface area (TPSA) is 74.3 Å². The van der Waals surface area contributed by atoms with E-state index < -0.39 is 11.9 Å². The molecular weight excluding hydrogens is 403 g/mol. The predicted octanol–water partition coefficient (Wildman–Crippen LogP) is 4.66. The van der Waals surface area contributed by atoms with E-state index in [1.807, 2.05) is 30.3 Å². The van der Waals surface area contributed by atoms with Gasteiger partial charge in [0.1, 0.15) is 17.6 Å². The van der Waals surface area contributed by atoms with Crippen molar-refractivity contribution in [3.63, 3.8) is 0 Å². The minimum Gasteiger partial charge on any atom is -0.329 e. The van der Waals surface area contributed by atoms with Crippen molar-refractivity contribution in [2.24, 2.45) is 0 Å². The number of nitrogens with zero attached hydrogens (tertiary/aromatic N) is 2. The summed E-state index contributed by atoms with van der Waals surface area (Å²) in [6, 6.07) is 14.9. The highest BCUT2D eigenvalue weighted by molar-refractivity contribution is 7.14. The number of amides is 2. The Hall–Kier alpha value is -3.26. The molecule has 1 unspecified atom stereocenters. The maximum absolute atomic E-state index is 13.8. The van der Waals surface area contributed by atoms with Crippen molar-refractivity contribution in [3.05, 3.63) is 71.5 Å². The number of carbonyl (C=O) groups is 2. The largest absolute Gasteiger partial charge is 0.329 e. The van der Waals surface area contributed by atoms with Gasteiger partial charge >= 0.3 is 0 Å². The quantitative estimate of drug-likeness (QED) is 0.625. The molecule has 6 nitrogen and oxygen atoms in total. The van der Waals surface area contributed by atoms with Gasteiger partial charge in [0.15, 0.2) is 5.13 Å². The van der Waals surface area contributed by atoms with Gasteiger partial charge in [0.25, 0.3) is 5.91 Å². The van der Waals surface area contributed by atoms with Gasteiger partial charge in [-0.15, -0.1) is 11.3 Å². The minimum absolute atomic E-state index is 0.200. The summed E-state index contributed by atoms with van der Waals surface area (Å²) in [6.45, 7) is 0.499. The van der Waals surface area contributed by atoms with Crippen LogP contribution in [0.15, 0.2) is 60.0 Å². The number of halogens is 1. The average molecular weight is 425 g/mol. The summed E-state index contributed by atoms with van der Waals surface area (Å²) in [4.78, 5) is 31.8. The third-order valence-electron chi connectivity index (χ3n) is 4.95. The van der Waals surface area contributed by atoms with Crippen LogP contribution in [-0.2, 0) is 4.79 Å². The van der Waals surface area contributed by atoms with Crippen LogP contribution in [0.5, 0.6) is 0 Å². The van der Waals surface area contributed by atoms with Crippen molar-refractivity contribution < 1.29 is 14.0 Å². The van der Waals surface area contributed by atoms with E-state index in [1.165, 1.54) is 17.4 Å². The van der Waals surface area contributed by atoms with E-state index in [0.29, 0.717) is 29.5 Å². The van der Waals surface area contributed by atoms with E-state index >= 15 is 0 Å². The first-order valence-corrected chi connectivity index (χ1v) is 10.6. The second-order valence-electron chi connectivity index (χ2n) is 7.01. The van der Waals surface area contributed by atoms with Crippen LogP contribution in [0.1, 0.15) is 29.8 Å². The lowest BCUT2D eigenvalue weighted by Crippen LogP contribution is -2.50.